The largest absolute Gasteiger partial charge is 0.301 e. The van der Waals surface area contributed by atoms with Gasteiger partial charge in [0.15, 0.2) is 10.3 Å². The summed E-state index contributed by atoms with van der Waals surface area (Å²) in [6.45, 7) is 1.79. The third kappa shape index (κ3) is 4.70. The van der Waals surface area contributed by atoms with E-state index in [4.69, 9.17) is 23.2 Å². The lowest BCUT2D eigenvalue weighted by atomic mass is 10.2. The Morgan fingerprint density at radius 2 is 2.04 bits per heavy atom. The van der Waals surface area contributed by atoms with Crippen LogP contribution in [0, 0.1) is 0 Å². The maximum absolute atomic E-state index is 12.3. The van der Waals surface area contributed by atoms with Crippen LogP contribution >= 0.6 is 46.3 Å². The molecule has 0 fully saturated rings. The van der Waals surface area contributed by atoms with E-state index in [1.54, 1.807) is 43.6 Å². The number of halogens is 2. The molecular weight excluding hydrogens is 399 g/mol. The molecule has 0 saturated heterocycles. The summed E-state index contributed by atoms with van der Waals surface area (Å²) in [7, 11) is 0. The SMILES string of the molecule is CC(Sc1ncccn1)C(=O)Nc1nc(-c2ccc(Cl)cc2Cl)cs1. The van der Waals surface area contributed by atoms with E-state index in [0.29, 0.717) is 26.0 Å². The molecule has 0 aliphatic heterocycles. The predicted octanol–water partition coefficient (Wildman–Crippen LogP) is 5.03. The number of carbonyl (C=O) groups excluding carboxylic acids is 1. The summed E-state index contributed by atoms with van der Waals surface area (Å²) >= 11 is 14.7. The average molecular weight is 411 g/mol. The fraction of sp³-hybridized carbons (Fsp3) is 0.125. The second kappa shape index (κ2) is 8.14. The minimum Gasteiger partial charge on any atom is -0.301 e. The van der Waals surface area contributed by atoms with Gasteiger partial charge in [0.05, 0.1) is 16.0 Å². The number of hydrogen-bond donors (Lipinski definition) is 1. The number of nitrogens with one attached hydrogen (secondary N) is 1. The number of amides is 1. The van der Waals surface area contributed by atoms with Crippen LogP contribution in [0.25, 0.3) is 11.3 Å². The highest BCUT2D eigenvalue weighted by Gasteiger charge is 2.18. The van der Waals surface area contributed by atoms with E-state index in [2.05, 4.69) is 20.3 Å². The Kier molecular flexibility index (Phi) is 5.90. The standard InChI is InChI=1S/C16H12Cl2N4OS2/c1-9(25-15-19-5-2-6-20-15)14(23)22-16-21-13(8-24-16)11-4-3-10(17)7-12(11)18/h2-9H,1H3,(H,21,22,23). The van der Waals surface area contributed by atoms with E-state index >= 15 is 0 Å². The highest BCUT2D eigenvalue weighted by Crippen LogP contribution is 2.32. The van der Waals surface area contributed by atoms with Gasteiger partial charge in [0, 0.05) is 28.4 Å². The first-order valence-electron chi connectivity index (χ1n) is 7.18. The second-order valence-corrected chi connectivity index (χ2v) is 7.95. The van der Waals surface area contributed by atoms with Crippen molar-refractivity contribution >= 4 is 57.3 Å². The predicted molar refractivity (Wildman–Crippen MR) is 104 cm³/mol. The van der Waals surface area contributed by atoms with E-state index in [1.807, 2.05) is 5.38 Å². The summed E-state index contributed by atoms with van der Waals surface area (Å²) in [5, 5.41) is 6.43. The molecule has 1 unspecified atom stereocenters. The molecule has 1 aromatic carbocycles. The van der Waals surface area contributed by atoms with Gasteiger partial charge in [0.25, 0.3) is 0 Å². The van der Waals surface area contributed by atoms with Crippen molar-refractivity contribution in [2.45, 2.75) is 17.3 Å². The third-order valence-corrected chi connectivity index (χ3v) is 5.43. The molecule has 0 aliphatic carbocycles. The molecule has 1 atom stereocenters. The number of anilines is 1. The first-order valence-corrected chi connectivity index (χ1v) is 9.70. The number of hydrogen-bond acceptors (Lipinski definition) is 6. The van der Waals surface area contributed by atoms with Crippen LogP contribution in [-0.4, -0.2) is 26.1 Å². The number of thioether (sulfide) groups is 1. The fourth-order valence-corrected chi connectivity index (χ4v) is 3.86. The smallest absolute Gasteiger partial charge is 0.239 e. The molecule has 0 aliphatic rings. The van der Waals surface area contributed by atoms with E-state index in [-0.39, 0.29) is 11.2 Å². The van der Waals surface area contributed by atoms with Gasteiger partial charge in [-0.3, -0.25) is 4.79 Å². The molecule has 5 nitrogen and oxygen atoms in total. The Hall–Kier alpha value is -1.67. The molecule has 0 bridgehead atoms. The molecule has 0 radical (unpaired) electrons. The molecule has 128 valence electrons. The maximum Gasteiger partial charge on any atom is 0.239 e. The summed E-state index contributed by atoms with van der Waals surface area (Å²) in [5.41, 5.74) is 1.46. The maximum atomic E-state index is 12.3. The van der Waals surface area contributed by atoms with Gasteiger partial charge in [-0.15, -0.1) is 11.3 Å². The van der Waals surface area contributed by atoms with Crippen molar-refractivity contribution in [1.82, 2.24) is 15.0 Å². The van der Waals surface area contributed by atoms with Crippen molar-refractivity contribution in [3.05, 3.63) is 52.1 Å². The Bertz CT molecular complexity index is 889. The summed E-state index contributed by atoms with van der Waals surface area (Å²) in [5.74, 6) is -0.166. The molecule has 0 spiro atoms. The lowest BCUT2D eigenvalue weighted by Crippen LogP contribution is -2.22. The van der Waals surface area contributed by atoms with Gasteiger partial charge in [-0.1, -0.05) is 35.0 Å². The fourth-order valence-electron chi connectivity index (χ4n) is 1.92. The number of thiazole rings is 1. The highest BCUT2D eigenvalue weighted by molar-refractivity contribution is 8.00. The van der Waals surface area contributed by atoms with Crippen molar-refractivity contribution < 1.29 is 4.79 Å². The van der Waals surface area contributed by atoms with Crippen molar-refractivity contribution in [1.29, 1.82) is 0 Å². The minimum absolute atomic E-state index is 0.166. The van der Waals surface area contributed by atoms with Crippen LogP contribution in [0.3, 0.4) is 0 Å². The van der Waals surface area contributed by atoms with E-state index in [0.717, 1.165) is 5.56 Å². The molecule has 1 N–H and O–H groups in total. The Labute approximate surface area is 162 Å². The van der Waals surface area contributed by atoms with E-state index in [1.165, 1.54) is 23.1 Å². The van der Waals surface area contributed by atoms with E-state index < -0.39 is 0 Å². The van der Waals surface area contributed by atoms with Crippen molar-refractivity contribution in [2.24, 2.45) is 0 Å². The molecule has 25 heavy (non-hydrogen) atoms. The van der Waals surface area contributed by atoms with Gasteiger partial charge in [-0.2, -0.15) is 0 Å². The van der Waals surface area contributed by atoms with Crippen LogP contribution in [0.1, 0.15) is 6.92 Å². The minimum atomic E-state index is -0.353. The normalized spacial score (nSPS) is 12.0. The van der Waals surface area contributed by atoms with Gasteiger partial charge < -0.3 is 5.32 Å². The van der Waals surface area contributed by atoms with Gasteiger partial charge in [-0.25, -0.2) is 15.0 Å². The zero-order valence-corrected chi connectivity index (χ0v) is 16.1. The Morgan fingerprint density at radius 3 is 2.76 bits per heavy atom. The van der Waals surface area contributed by atoms with Gasteiger partial charge in [0.2, 0.25) is 5.91 Å². The molecule has 0 saturated carbocycles. The quantitative estimate of drug-likeness (QED) is 0.471. The van der Waals surface area contributed by atoms with Crippen LogP contribution in [-0.2, 0) is 4.79 Å². The Balaban J connectivity index is 1.67. The topological polar surface area (TPSA) is 67.8 Å². The first-order chi connectivity index (χ1) is 12.0. The summed E-state index contributed by atoms with van der Waals surface area (Å²) in [4.78, 5) is 24.9. The monoisotopic (exact) mass is 410 g/mol. The number of aromatic nitrogens is 3. The van der Waals surface area contributed by atoms with Crippen LogP contribution in [0.4, 0.5) is 5.13 Å². The molecule has 9 heteroatoms. The van der Waals surface area contributed by atoms with Crippen LogP contribution in [0.15, 0.2) is 47.2 Å². The van der Waals surface area contributed by atoms with Crippen molar-refractivity contribution in [2.75, 3.05) is 5.32 Å². The second-order valence-electron chi connectivity index (χ2n) is 4.94. The van der Waals surface area contributed by atoms with Gasteiger partial charge >= 0.3 is 0 Å². The van der Waals surface area contributed by atoms with Gasteiger partial charge in [0.1, 0.15) is 0 Å². The van der Waals surface area contributed by atoms with Crippen LogP contribution in [0.2, 0.25) is 10.0 Å². The molecule has 2 aromatic heterocycles. The lowest BCUT2D eigenvalue weighted by molar-refractivity contribution is -0.115. The lowest BCUT2D eigenvalue weighted by Gasteiger charge is -2.08. The zero-order chi connectivity index (χ0) is 17.8. The zero-order valence-electron chi connectivity index (χ0n) is 12.9. The molecule has 1 amide bonds. The van der Waals surface area contributed by atoms with Crippen molar-refractivity contribution in [3.63, 3.8) is 0 Å². The average Bonchev–Trinajstić information content (AvgIpc) is 3.04. The molecular formula is C16H12Cl2N4OS2. The number of carbonyl (C=O) groups is 1. The summed E-state index contributed by atoms with van der Waals surface area (Å²) in [6.07, 6.45) is 3.28. The highest BCUT2D eigenvalue weighted by atomic mass is 35.5. The van der Waals surface area contributed by atoms with E-state index in [9.17, 15) is 4.79 Å². The summed E-state index contributed by atoms with van der Waals surface area (Å²) in [6, 6.07) is 6.94. The third-order valence-electron chi connectivity index (χ3n) is 3.13. The molecule has 2 heterocycles. The van der Waals surface area contributed by atoms with Gasteiger partial charge in [-0.05, 0) is 31.2 Å². The van der Waals surface area contributed by atoms with Crippen LogP contribution < -0.4 is 5.32 Å². The van der Waals surface area contributed by atoms with Crippen LogP contribution in [0.5, 0.6) is 0 Å². The Morgan fingerprint density at radius 1 is 1.28 bits per heavy atom. The first kappa shape index (κ1) is 18.1. The number of nitrogens with zero attached hydrogens (tertiary/aromatic N) is 3. The molecule has 3 aromatic rings. The molecule has 3 rings (SSSR count). The summed E-state index contributed by atoms with van der Waals surface area (Å²) < 4.78 is 0. The number of rotatable bonds is 5. The van der Waals surface area contributed by atoms with Crippen molar-refractivity contribution in [3.8, 4) is 11.3 Å². The number of benzene rings is 1.